The first kappa shape index (κ1) is 9.52. The maximum Gasteiger partial charge on any atom is 0.222 e. The number of piperidine rings is 1. The minimum atomic E-state index is 0.208. The number of nitrogens with zero attached hydrogens (tertiary/aromatic N) is 1. The molecule has 0 aromatic carbocycles. The summed E-state index contributed by atoms with van der Waals surface area (Å²) in [7, 11) is 0. The molecule has 1 saturated heterocycles. The van der Waals surface area contributed by atoms with Gasteiger partial charge in [0.25, 0.3) is 0 Å². The van der Waals surface area contributed by atoms with E-state index in [0.29, 0.717) is 6.42 Å². The molecule has 1 amide bonds. The Kier molecular flexibility index (Phi) is 3.53. The normalized spacial score (nSPS) is 24.2. The SMILES string of the molecule is CCCC(=O)N1CCC[C@@H](N)C1. The predicted molar refractivity (Wildman–Crippen MR) is 48.7 cm³/mol. The second-order valence-corrected chi connectivity index (χ2v) is 3.49. The van der Waals surface area contributed by atoms with Gasteiger partial charge < -0.3 is 10.6 Å². The summed E-state index contributed by atoms with van der Waals surface area (Å²) in [6.45, 7) is 3.70. The fourth-order valence-corrected chi connectivity index (χ4v) is 1.61. The molecular formula is C9H18N2O. The van der Waals surface area contributed by atoms with E-state index in [-0.39, 0.29) is 11.9 Å². The molecule has 3 nitrogen and oxygen atoms in total. The fraction of sp³-hybridized carbons (Fsp3) is 0.889. The summed E-state index contributed by atoms with van der Waals surface area (Å²) >= 11 is 0. The lowest BCUT2D eigenvalue weighted by atomic mass is 10.1. The molecule has 0 unspecified atom stereocenters. The van der Waals surface area contributed by atoms with Crippen molar-refractivity contribution in [3.05, 3.63) is 0 Å². The van der Waals surface area contributed by atoms with Crippen LogP contribution in [0.4, 0.5) is 0 Å². The van der Waals surface area contributed by atoms with Crippen molar-refractivity contribution in [3.8, 4) is 0 Å². The van der Waals surface area contributed by atoms with Crippen LogP contribution < -0.4 is 5.73 Å². The molecule has 0 saturated carbocycles. The lowest BCUT2D eigenvalue weighted by molar-refractivity contribution is -0.132. The summed E-state index contributed by atoms with van der Waals surface area (Å²) in [6.07, 6.45) is 3.74. The van der Waals surface area contributed by atoms with Crippen LogP contribution in [0.15, 0.2) is 0 Å². The van der Waals surface area contributed by atoms with Crippen LogP contribution in [0.1, 0.15) is 32.6 Å². The van der Waals surface area contributed by atoms with Gasteiger partial charge in [-0.3, -0.25) is 4.79 Å². The van der Waals surface area contributed by atoms with E-state index in [4.69, 9.17) is 5.73 Å². The second kappa shape index (κ2) is 4.45. The second-order valence-electron chi connectivity index (χ2n) is 3.49. The van der Waals surface area contributed by atoms with Crippen LogP contribution in [-0.2, 0) is 4.79 Å². The van der Waals surface area contributed by atoms with Crippen LogP contribution in [0.5, 0.6) is 0 Å². The maximum atomic E-state index is 11.4. The molecule has 12 heavy (non-hydrogen) atoms. The molecule has 0 aromatic rings. The van der Waals surface area contributed by atoms with Crippen molar-refractivity contribution in [3.63, 3.8) is 0 Å². The Morgan fingerprint density at radius 1 is 1.67 bits per heavy atom. The van der Waals surface area contributed by atoms with Gasteiger partial charge in [-0.05, 0) is 19.3 Å². The predicted octanol–water partition coefficient (Wildman–Crippen LogP) is 0.736. The van der Waals surface area contributed by atoms with Gasteiger partial charge in [-0.2, -0.15) is 0 Å². The highest BCUT2D eigenvalue weighted by atomic mass is 16.2. The molecule has 1 rings (SSSR count). The zero-order valence-electron chi connectivity index (χ0n) is 7.75. The quantitative estimate of drug-likeness (QED) is 0.664. The summed E-state index contributed by atoms with van der Waals surface area (Å²) in [6, 6.07) is 0.208. The van der Waals surface area contributed by atoms with Crippen LogP contribution in [0.25, 0.3) is 0 Å². The first-order valence-electron chi connectivity index (χ1n) is 4.77. The first-order valence-corrected chi connectivity index (χ1v) is 4.77. The van der Waals surface area contributed by atoms with Crippen molar-refractivity contribution < 1.29 is 4.79 Å². The molecule has 1 fully saturated rings. The Balaban J connectivity index is 2.35. The molecule has 1 aliphatic heterocycles. The van der Waals surface area contributed by atoms with Crippen LogP contribution in [-0.4, -0.2) is 29.9 Å². The number of likely N-dealkylation sites (tertiary alicyclic amines) is 1. The number of carbonyl (C=O) groups is 1. The summed E-state index contributed by atoms with van der Waals surface area (Å²) < 4.78 is 0. The minimum Gasteiger partial charge on any atom is -0.341 e. The van der Waals surface area contributed by atoms with Gasteiger partial charge in [0.15, 0.2) is 0 Å². The summed E-state index contributed by atoms with van der Waals surface area (Å²) in [5, 5.41) is 0. The summed E-state index contributed by atoms with van der Waals surface area (Å²) in [4.78, 5) is 13.3. The zero-order chi connectivity index (χ0) is 8.97. The highest BCUT2D eigenvalue weighted by Gasteiger charge is 2.19. The Bertz CT molecular complexity index is 159. The number of hydrogen-bond donors (Lipinski definition) is 1. The molecule has 0 aliphatic carbocycles. The van der Waals surface area contributed by atoms with Gasteiger partial charge in [0, 0.05) is 25.6 Å². The van der Waals surface area contributed by atoms with Gasteiger partial charge in [-0.25, -0.2) is 0 Å². The van der Waals surface area contributed by atoms with Gasteiger partial charge in [-0.15, -0.1) is 0 Å². The maximum absolute atomic E-state index is 11.4. The third-order valence-electron chi connectivity index (χ3n) is 2.27. The number of carbonyl (C=O) groups excluding carboxylic acids is 1. The van der Waals surface area contributed by atoms with Gasteiger partial charge in [0.1, 0.15) is 0 Å². The molecule has 70 valence electrons. The Morgan fingerprint density at radius 2 is 2.42 bits per heavy atom. The third-order valence-corrected chi connectivity index (χ3v) is 2.27. The van der Waals surface area contributed by atoms with Crippen molar-refractivity contribution in [1.82, 2.24) is 4.90 Å². The van der Waals surface area contributed by atoms with Gasteiger partial charge in [-0.1, -0.05) is 6.92 Å². The van der Waals surface area contributed by atoms with Crippen molar-refractivity contribution in [2.24, 2.45) is 5.73 Å². The molecule has 0 aromatic heterocycles. The molecule has 0 spiro atoms. The van der Waals surface area contributed by atoms with Gasteiger partial charge in [0.05, 0.1) is 0 Å². The fourth-order valence-electron chi connectivity index (χ4n) is 1.61. The van der Waals surface area contributed by atoms with E-state index in [1.165, 1.54) is 0 Å². The lowest BCUT2D eigenvalue weighted by Gasteiger charge is -2.30. The monoisotopic (exact) mass is 170 g/mol. The van der Waals surface area contributed by atoms with Crippen LogP contribution >= 0.6 is 0 Å². The average Bonchev–Trinajstić information content (AvgIpc) is 2.05. The largest absolute Gasteiger partial charge is 0.341 e. The van der Waals surface area contributed by atoms with Crippen molar-refractivity contribution >= 4 is 5.91 Å². The van der Waals surface area contributed by atoms with E-state index < -0.39 is 0 Å². The molecular weight excluding hydrogens is 152 g/mol. The number of amides is 1. The highest BCUT2D eigenvalue weighted by molar-refractivity contribution is 5.76. The van der Waals surface area contributed by atoms with Gasteiger partial charge >= 0.3 is 0 Å². The van der Waals surface area contributed by atoms with E-state index in [0.717, 1.165) is 32.4 Å². The van der Waals surface area contributed by atoms with E-state index >= 15 is 0 Å². The number of rotatable bonds is 2. The molecule has 0 radical (unpaired) electrons. The summed E-state index contributed by atoms with van der Waals surface area (Å²) in [5.74, 6) is 0.271. The minimum absolute atomic E-state index is 0.208. The average molecular weight is 170 g/mol. The van der Waals surface area contributed by atoms with Crippen molar-refractivity contribution in [2.45, 2.75) is 38.6 Å². The first-order chi connectivity index (χ1) is 5.74. The van der Waals surface area contributed by atoms with Crippen molar-refractivity contribution in [2.75, 3.05) is 13.1 Å². The van der Waals surface area contributed by atoms with E-state index in [1.54, 1.807) is 0 Å². The lowest BCUT2D eigenvalue weighted by Crippen LogP contribution is -2.45. The molecule has 1 aliphatic rings. The van der Waals surface area contributed by atoms with Crippen molar-refractivity contribution in [1.29, 1.82) is 0 Å². The van der Waals surface area contributed by atoms with E-state index in [1.807, 2.05) is 11.8 Å². The van der Waals surface area contributed by atoms with Crippen LogP contribution in [0.2, 0.25) is 0 Å². The molecule has 1 heterocycles. The van der Waals surface area contributed by atoms with E-state index in [2.05, 4.69) is 0 Å². The number of hydrogen-bond acceptors (Lipinski definition) is 2. The number of nitrogens with two attached hydrogens (primary N) is 1. The van der Waals surface area contributed by atoms with Gasteiger partial charge in [0.2, 0.25) is 5.91 Å². The molecule has 2 N–H and O–H groups in total. The molecule has 3 heteroatoms. The Labute approximate surface area is 73.9 Å². The highest BCUT2D eigenvalue weighted by Crippen LogP contribution is 2.09. The third kappa shape index (κ3) is 2.48. The topological polar surface area (TPSA) is 46.3 Å². The molecule has 1 atom stereocenters. The van der Waals surface area contributed by atoms with Crippen LogP contribution in [0.3, 0.4) is 0 Å². The zero-order valence-corrected chi connectivity index (χ0v) is 7.75. The standard InChI is InChI=1S/C9H18N2O/c1-2-4-9(12)11-6-3-5-8(10)7-11/h8H,2-7,10H2,1H3/t8-/m1/s1. The van der Waals surface area contributed by atoms with Crippen LogP contribution in [0, 0.1) is 0 Å². The van der Waals surface area contributed by atoms with E-state index in [9.17, 15) is 4.79 Å². The smallest absolute Gasteiger partial charge is 0.222 e. The Hall–Kier alpha value is -0.570. The molecule has 0 bridgehead atoms. The summed E-state index contributed by atoms with van der Waals surface area (Å²) in [5.41, 5.74) is 5.77. The Morgan fingerprint density at radius 3 is 3.00 bits per heavy atom.